The Kier molecular flexibility index (Phi) is 8.23. The molecule has 0 radical (unpaired) electrons. The molecule has 3 aromatic rings. The highest BCUT2D eigenvalue weighted by Crippen LogP contribution is 2.42. The number of carbonyl (C=O) groups excluding carboxylic acids is 3. The van der Waals surface area contributed by atoms with Gasteiger partial charge in [-0.2, -0.15) is 0 Å². The first-order chi connectivity index (χ1) is 20.5. The summed E-state index contributed by atoms with van der Waals surface area (Å²) in [5.41, 5.74) is 3.65. The van der Waals surface area contributed by atoms with Gasteiger partial charge >= 0.3 is 11.9 Å². The minimum absolute atomic E-state index is 0.173. The maximum Gasteiger partial charge on any atom is 0.356 e. The number of hydroxylamine groups is 2. The number of β-lactam (4-membered cyclic amide) rings is 1. The first-order valence-corrected chi connectivity index (χ1v) is 14.9. The second kappa shape index (κ2) is 12.4. The molecule has 42 heavy (non-hydrogen) atoms. The van der Waals surface area contributed by atoms with E-state index < -0.39 is 18.1 Å². The Morgan fingerprint density at radius 1 is 1.00 bits per heavy atom. The smallest absolute Gasteiger partial charge is 0.356 e. The summed E-state index contributed by atoms with van der Waals surface area (Å²) >= 11 is 1.60. The van der Waals surface area contributed by atoms with Crippen LogP contribution in [0.4, 0.5) is 0 Å². The number of likely N-dealkylation sites (N-methyl/N-ethyl adjacent to an activating group) is 1. The van der Waals surface area contributed by atoms with Crippen LogP contribution in [0.15, 0.2) is 114 Å². The van der Waals surface area contributed by atoms with Crippen molar-refractivity contribution in [2.45, 2.75) is 36.5 Å². The molecule has 2 fully saturated rings. The summed E-state index contributed by atoms with van der Waals surface area (Å²) in [6.45, 7) is 0.546. The van der Waals surface area contributed by atoms with Crippen molar-refractivity contribution in [2.75, 3.05) is 12.8 Å². The number of allylic oxidation sites excluding steroid dienone is 1. The molecule has 1 N–H and O–H groups in total. The van der Waals surface area contributed by atoms with Crippen LogP contribution in [-0.4, -0.2) is 58.1 Å². The molecule has 3 unspecified atom stereocenters. The second-order valence-electron chi connectivity index (χ2n) is 10.4. The average Bonchev–Trinajstić information content (AvgIpc) is 3.35. The molecule has 1 amide bonds. The molecule has 8 nitrogen and oxygen atoms in total. The van der Waals surface area contributed by atoms with Gasteiger partial charge in [-0.05, 0) is 22.3 Å². The van der Waals surface area contributed by atoms with Crippen molar-refractivity contribution in [3.05, 3.63) is 131 Å². The highest BCUT2D eigenvalue weighted by molar-refractivity contribution is 8.00. The lowest BCUT2D eigenvalue weighted by Gasteiger charge is -2.50. The number of thioether (sulfide) groups is 1. The number of fused-ring (bicyclic) bond motifs is 1. The Bertz CT molecular complexity index is 1470. The number of esters is 1. The lowest BCUT2D eigenvalue weighted by molar-refractivity contribution is -0.167. The van der Waals surface area contributed by atoms with Gasteiger partial charge in [-0.3, -0.25) is 19.8 Å². The van der Waals surface area contributed by atoms with Gasteiger partial charge < -0.3 is 9.57 Å². The number of amides is 1. The van der Waals surface area contributed by atoms with Crippen molar-refractivity contribution in [1.29, 1.82) is 0 Å². The fraction of sp³-hybridized carbons (Fsp3) is 0.242. The molecule has 3 aliphatic heterocycles. The van der Waals surface area contributed by atoms with Crippen molar-refractivity contribution in [3.63, 3.8) is 0 Å². The van der Waals surface area contributed by atoms with E-state index in [2.05, 4.69) is 5.32 Å². The van der Waals surface area contributed by atoms with Gasteiger partial charge in [0, 0.05) is 19.3 Å². The minimum atomic E-state index is -0.652. The summed E-state index contributed by atoms with van der Waals surface area (Å²) in [6, 6.07) is 28.4. The first kappa shape index (κ1) is 28.0. The lowest BCUT2D eigenvalue weighted by Crippen LogP contribution is -2.69. The Labute approximate surface area is 248 Å². The summed E-state index contributed by atoms with van der Waals surface area (Å²) in [5.74, 6) is -0.545. The van der Waals surface area contributed by atoms with Crippen LogP contribution >= 0.6 is 11.8 Å². The highest BCUT2D eigenvalue weighted by Gasteiger charge is 2.53. The van der Waals surface area contributed by atoms with E-state index in [4.69, 9.17) is 9.57 Å². The number of nitrogens with one attached hydrogen (secondary N) is 1. The molecule has 3 aliphatic rings. The van der Waals surface area contributed by atoms with Crippen LogP contribution in [0.2, 0.25) is 0 Å². The summed E-state index contributed by atoms with van der Waals surface area (Å²) in [5, 5.41) is 4.62. The number of nitrogens with zero attached hydrogens (tertiary/aromatic N) is 2. The molecule has 9 heteroatoms. The molecule has 2 saturated heterocycles. The van der Waals surface area contributed by atoms with Crippen molar-refractivity contribution >= 4 is 29.6 Å². The highest BCUT2D eigenvalue weighted by atomic mass is 32.2. The van der Waals surface area contributed by atoms with E-state index in [9.17, 15) is 14.4 Å². The standard InChI is InChI=1S/C33H31N3O5S/c1-35-26(19-27(37)41-35)18-17-25-21-42-32-28(34-20-22-11-5-2-6-12-22)31(38)36(32)29(25)33(39)40-30(23-13-7-3-8-14-23)24-15-9-4-10-16-24/h2-18,26,28,30,32,34H,19-21H2,1H3/b18-17+. The summed E-state index contributed by atoms with van der Waals surface area (Å²) in [4.78, 5) is 46.1. The van der Waals surface area contributed by atoms with E-state index in [1.165, 1.54) is 5.06 Å². The van der Waals surface area contributed by atoms with Crippen molar-refractivity contribution in [2.24, 2.45) is 0 Å². The fourth-order valence-electron chi connectivity index (χ4n) is 5.37. The van der Waals surface area contributed by atoms with E-state index in [1.807, 2.05) is 103 Å². The van der Waals surface area contributed by atoms with Gasteiger partial charge in [0.1, 0.15) is 17.1 Å². The van der Waals surface area contributed by atoms with Crippen molar-refractivity contribution in [1.82, 2.24) is 15.3 Å². The summed E-state index contributed by atoms with van der Waals surface area (Å²) < 4.78 is 6.22. The predicted molar refractivity (Wildman–Crippen MR) is 159 cm³/mol. The van der Waals surface area contributed by atoms with Crippen LogP contribution in [-0.2, 0) is 30.5 Å². The van der Waals surface area contributed by atoms with Gasteiger partial charge in [0.25, 0.3) is 0 Å². The van der Waals surface area contributed by atoms with Crippen LogP contribution in [0.25, 0.3) is 0 Å². The minimum Gasteiger partial charge on any atom is -0.448 e. The monoisotopic (exact) mass is 581 g/mol. The molecule has 3 aromatic carbocycles. The Hall–Kier alpha value is -4.18. The van der Waals surface area contributed by atoms with Crippen LogP contribution < -0.4 is 5.32 Å². The molecule has 6 rings (SSSR count). The summed E-state index contributed by atoms with van der Waals surface area (Å²) in [7, 11) is 1.70. The van der Waals surface area contributed by atoms with E-state index in [0.29, 0.717) is 17.9 Å². The molecular formula is C33H31N3O5S. The van der Waals surface area contributed by atoms with Crippen molar-refractivity contribution in [3.8, 4) is 0 Å². The van der Waals surface area contributed by atoms with Crippen LogP contribution in [0.5, 0.6) is 0 Å². The molecule has 0 aliphatic carbocycles. The zero-order valence-corrected chi connectivity index (χ0v) is 23.9. The van der Waals surface area contributed by atoms with E-state index in [0.717, 1.165) is 16.7 Å². The maximum absolute atomic E-state index is 14.1. The Morgan fingerprint density at radius 3 is 2.21 bits per heavy atom. The fourth-order valence-corrected chi connectivity index (χ4v) is 6.71. The second-order valence-corrected chi connectivity index (χ2v) is 11.5. The number of rotatable bonds is 9. The van der Waals surface area contributed by atoms with E-state index in [1.54, 1.807) is 23.7 Å². The Balaban J connectivity index is 1.30. The molecule has 0 saturated carbocycles. The zero-order chi connectivity index (χ0) is 29.1. The Morgan fingerprint density at radius 2 is 1.62 bits per heavy atom. The third-order valence-corrected chi connectivity index (χ3v) is 8.90. The third-order valence-electron chi connectivity index (χ3n) is 7.60. The van der Waals surface area contributed by atoms with Gasteiger partial charge in [0.05, 0.1) is 12.5 Å². The van der Waals surface area contributed by atoms with E-state index in [-0.39, 0.29) is 35.4 Å². The van der Waals surface area contributed by atoms with Crippen LogP contribution in [0, 0.1) is 0 Å². The average molecular weight is 582 g/mol. The largest absolute Gasteiger partial charge is 0.448 e. The lowest BCUT2D eigenvalue weighted by atomic mass is 10.00. The normalized spacial score (nSPS) is 22.3. The van der Waals surface area contributed by atoms with Gasteiger partial charge in [0.15, 0.2) is 6.10 Å². The third kappa shape index (κ3) is 5.76. The molecule has 3 atom stereocenters. The van der Waals surface area contributed by atoms with Crippen LogP contribution in [0.3, 0.4) is 0 Å². The number of carbonyl (C=O) groups is 3. The molecule has 3 heterocycles. The van der Waals surface area contributed by atoms with E-state index >= 15 is 0 Å². The SMILES string of the molecule is CN1OC(=O)CC1/C=C/C1=C(C(=O)OC(c2ccccc2)c2ccccc2)N2C(=O)C(NCc3ccccc3)C2SC1. The molecule has 0 spiro atoms. The quantitative estimate of drug-likeness (QED) is 0.295. The molecular weight excluding hydrogens is 550 g/mol. The number of hydrogen-bond acceptors (Lipinski definition) is 8. The first-order valence-electron chi connectivity index (χ1n) is 13.9. The molecule has 214 valence electrons. The number of ether oxygens (including phenoxy) is 1. The molecule has 0 bridgehead atoms. The summed E-state index contributed by atoms with van der Waals surface area (Å²) in [6.07, 6.45) is 3.23. The van der Waals surface area contributed by atoms with Gasteiger partial charge in [-0.1, -0.05) is 103 Å². The van der Waals surface area contributed by atoms with Gasteiger partial charge in [-0.25, -0.2) is 4.79 Å². The maximum atomic E-state index is 14.1. The van der Waals surface area contributed by atoms with Gasteiger partial charge in [-0.15, -0.1) is 16.8 Å². The predicted octanol–water partition coefficient (Wildman–Crippen LogP) is 4.37. The van der Waals surface area contributed by atoms with Crippen molar-refractivity contribution < 1.29 is 24.0 Å². The molecule has 0 aromatic heterocycles. The van der Waals surface area contributed by atoms with Crippen LogP contribution in [0.1, 0.15) is 29.2 Å². The number of hydrogen-bond donors (Lipinski definition) is 1. The number of benzene rings is 3. The van der Waals surface area contributed by atoms with Gasteiger partial charge in [0.2, 0.25) is 5.91 Å². The zero-order valence-electron chi connectivity index (χ0n) is 23.1. The topological polar surface area (TPSA) is 88.2 Å².